The first-order valence-corrected chi connectivity index (χ1v) is 8.15. The Kier molecular flexibility index (Phi) is 8.11. The molecule has 0 aliphatic rings. The summed E-state index contributed by atoms with van der Waals surface area (Å²) in [4.78, 5) is 32.1. The van der Waals surface area contributed by atoms with Gasteiger partial charge in [0.15, 0.2) is 0 Å². The van der Waals surface area contributed by atoms with Gasteiger partial charge in [-0.1, -0.05) is 32.6 Å². The van der Waals surface area contributed by atoms with Crippen molar-refractivity contribution in [2.45, 2.75) is 44.4 Å². The van der Waals surface area contributed by atoms with Crippen molar-refractivity contribution in [1.82, 2.24) is 5.32 Å². The molecule has 1 atom stereocenters. The van der Waals surface area contributed by atoms with Gasteiger partial charge < -0.3 is 5.32 Å². The van der Waals surface area contributed by atoms with E-state index in [1.165, 1.54) is 0 Å². The Bertz CT molecular complexity index is 577. The molecule has 1 aromatic carbocycles. The summed E-state index contributed by atoms with van der Waals surface area (Å²) in [6, 6.07) is 2.83. The maximum absolute atomic E-state index is 12.1. The number of carbonyl (C=O) groups excluding carboxylic acids is 1. The lowest BCUT2D eigenvalue weighted by atomic mass is 10.1. The van der Waals surface area contributed by atoms with E-state index in [9.17, 15) is 25.0 Å². The van der Waals surface area contributed by atoms with E-state index in [1.54, 1.807) is 0 Å². The van der Waals surface area contributed by atoms with Gasteiger partial charge in [0.25, 0.3) is 17.3 Å². The summed E-state index contributed by atoms with van der Waals surface area (Å²) in [5.41, 5.74) is -1.14. The van der Waals surface area contributed by atoms with Crippen molar-refractivity contribution in [3.8, 4) is 0 Å². The molecule has 1 N–H and O–H groups in total. The lowest BCUT2D eigenvalue weighted by Crippen LogP contribution is -2.29. The molecular formula is C15H20ClN3O5. The molecule has 0 saturated heterocycles. The second kappa shape index (κ2) is 9.82. The lowest BCUT2D eigenvalue weighted by Gasteiger charge is -2.11. The van der Waals surface area contributed by atoms with Gasteiger partial charge in [-0.25, -0.2) is 0 Å². The average molecular weight is 358 g/mol. The molecule has 0 radical (unpaired) electrons. The zero-order chi connectivity index (χ0) is 18.1. The Morgan fingerprint density at radius 2 is 1.71 bits per heavy atom. The van der Waals surface area contributed by atoms with Gasteiger partial charge in [0.1, 0.15) is 0 Å². The molecule has 0 unspecified atom stereocenters. The number of nitro benzene ring substituents is 2. The Balaban J connectivity index is 2.67. The van der Waals surface area contributed by atoms with Crippen molar-refractivity contribution in [2.75, 3.05) is 6.54 Å². The molecule has 0 aromatic heterocycles. The van der Waals surface area contributed by atoms with Gasteiger partial charge >= 0.3 is 0 Å². The van der Waals surface area contributed by atoms with Crippen molar-refractivity contribution in [1.29, 1.82) is 0 Å². The molecule has 1 aromatic rings. The summed E-state index contributed by atoms with van der Waals surface area (Å²) in [7, 11) is 0. The summed E-state index contributed by atoms with van der Waals surface area (Å²) in [6.07, 6.45) is 5.03. The largest absolute Gasteiger partial charge is 0.351 e. The van der Waals surface area contributed by atoms with Gasteiger partial charge in [0.2, 0.25) is 0 Å². The van der Waals surface area contributed by atoms with Gasteiger partial charge in [0, 0.05) is 18.7 Å². The number of halogens is 1. The van der Waals surface area contributed by atoms with Crippen LogP contribution in [0.5, 0.6) is 0 Å². The van der Waals surface area contributed by atoms with E-state index in [2.05, 4.69) is 12.2 Å². The number of nitrogens with one attached hydrogen (secondary N) is 1. The van der Waals surface area contributed by atoms with Gasteiger partial charge in [0.05, 0.1) is 26.9 Å². The molecule has 0 fully saturated rings. The fraction of sp³-hybridized carbons (Fsp3) is 0.533. The number of amides is 1. The van der Waals surface area contributed by atoms with Crippen LogP contribution in [-0.2, 0) is 0 Å². The number of benzene rings is 1. The number of hydrogen-bond donors (Lipinski definition) is 1. The van der Waals surface area contributed by atoms with Crippen LogP contribution in [0.15, 0.2) is 18.2 Å². The normalized spacial score (nSPS) is 11.8. The number of rotatable bonds is 10. The van der Waals surface area contributed by atoms with Crippen molar-refractivity contribution >= 4 is 28.9 Å². The highest BCUT2D eigenvalue weighted by atomic mass is 35.5. The van der Waals surface area contributed by atoms with Crippen LogP contribution in [0.4, 0.5) is 11.4 Å². The molecule has 132 valence electrons. The first-order chi connectivity index (χ1) is 11.3. The fourth-order valence-electron chi connectivity index (χ4n) is 2.14. The van der Waals surface area contributed by atoms with Crippen molar-refractivity contribution < 1.29 is 14.6 Å². The van der Waals surface area contributed by atoms with Crippen molar-refractivity contribution in [3.05, 3.63) is 44.0 Å². The van der Waals surface area contributed by atoms with Gasteiger partial charge in [-0.3, -0.25) is 25.0 Å². The fourth-order valence-corrected chi connectivity index (χ4v) is 2.37. The topological polar surface area (TPSA) is 115 Å². The number of nitro groups is 2. The van der Waals surface area contributed by atoms with Crippen LogP contribution in [0.3, 0.4) is 0 Å². The highest BCUT2D eigenvalue weighted by molar-refractivity contribution is 6.20. The summed E-state index contributed by atoms with van der Waals surface area (Å²) in [5, 5.41) is 23.9. The van der Waals surface area contributed by atoms with Crippen LogP contribution >= 0.6 is 11.6 Å². The monoisotopic (exact) mass is 357 g/mol. The van der Waals surface area contributed by atoms with Crippen LogP contribution < -0.4 is 5.32 Å². The molecule has 0 spiro atoms. The molecular weight excluding hydrogens is 338 g/mol. The summed E-state index contributed by atoms with van der Waals surface area (Å²) < 4.78 is 0. The zero-order valence-electron chi connectivity index (χ0n) is 13.4. The lowest BCUT2D eigenvalue weighted by molar-refractivity contribution is -0.394. The number of alkyl halides is 1. The molecule has 0 saturated carbocycles. The molecule has 24 heavy (non-hydrogen) atoms. The predicted molar refractivity (Wildman–Crippen MR) is 90.5 cm³/mol. The first-order valence-electron chi connectivity index (χ1n) is 7.71. The van der Waals surface area contributed by atoms with E-state index in [0.29, 0.717) is 0 Å². The summed E-state index contributed by atoms with van der Waals surface area (Å²) in [6.45, 7) is 2.31. The van der Waals surface area contributed by atoms with E-state index in [4.69, 9.17) is 11.6 Å². The average Bonchev–Trinajstić information content (AvgIpc) is 2.56. The molecule has 1 rings (SSSR count). The minimum atomic E-state index is -0.776. The maximum atomic E-state index is 12.1. The first kappa shape index (κ1) is 19.8. The van der Waals surface area contributed by atoms with Gasteiger partial charge in [-0.05, 0) is 6.42 Å². The molecule has 0 aliphatic heterocycles. The molecule has 0 bridgehead atoms. The van der Waals surface area contributed by atoms with E-state index in [0.717, 1.165) is 50.3 Å². The Morgan fingerprint density at radius 3 is 2.21 bits per heavy atom. The van der Waals surface area contributed by atoms with E-state index < -0.39 is 27.1 Å². The Labute approximate surface area is 144 Å². The predicted octanol–water partition coefficient (Wildman–Crippen LogP) is 3.81. The minimum absolute atomic E-state index is 0.134. The maximum Gasteiger partial charge on any atom is 0.277 e. The van der Waals surface area contributed by atoms with Gasteiger partial charge in [-0.2, -0.15) is 0 Å². The summed E-state index contributed by atoms with van der Waals surface area (Å²) in [5.74, 6) is -0.624. The Hall–Kier alpha value is -2.22. The van der Waals surface area contributed by atoms with Crippen LogP contribution in [0.2, 0.25) is 0 Å². The number of nitrogens with zero attached hydrogens (tertiary/aromatic N) is 2. The van der Waals surface area contributed by atoms with Crippen LogP contribution in [0, 0.1) is 20.2 Å². The second-order valence-corrected chi connectivity index (χ2v) is 6.03. The van der Waals surface area contributed by atoms with Gasteiger partial charge in [-0.15, -0.1) is 11.6 Å². The molecule has 0 heterocycles. The quantitative estimate of drug-likeness (QED) is 0.296. The van der Waals surface area contributed by atoms with E-state index in [1.807, 2.05) is 0 Å². The highest BCUT2D eigenvalue weighted by Crippen LogP contribution is 2.22. The Morgan fingerprint density at radius 1 is 1.12 bits per heavy atom. The highest BCUT2D eigenvalue weighted by Gasteiger charge is 2.20. The molecule has 8 nitrogen and oxygen atoms in total. The second-order valence-electron chi connectivity index (χ2n) is 5.41. The number of non-ortho nitro benzene ring substituents is 2. The number of hydrogen-bond acceptors (Lipinski definition) is 5. The van der Waals surface area contributed by atoms with Crippen LogP contribution in [0.1, 0.15) is 49.4 Å². The molecule has 9 heteroatoms. The number of unbranched alkanes of at least 4 members (excludes halogenated alkanes) is 3. The standard InChI is InChI=1S/C15H20ClN3O5/c1-2-3-4-5-6-12(16)10-17-15(20)11-7-13(18(21)22)9-14(8-11)19(23)24/h7-9,12H,2-6,10H2,1H3,(H,17,20)/t12-/m0/s1. The molecule has 1 amide bonds. The third-order valence-electron chi connectivity index (χ3n) is 3.44. The summed E-state index contributed by atoms with van der Waals surface area (Å²) >= 11 is 6.12. The van der Waals surface area contributed by atoms with Crippen LogP contribution in [0.25, 0.3) is 0 Å². The minimum Gasteiger partial charge on any atom is -0.351 e. The SMILES string of the molecule is CCCCCC[C@H](Cl)CNC(=O)c1cc([N+](=O)[O-])cc([N+](=O)[O-])c1. The van der Waals surface area contributed by atoms with Crippen molar-refractivity contribution in [3.63, 3.8) is 0 Å². The van der Waals surface area contributed by atoms with E-state index >= 15 is 0 Å². The van der Waals surface area contributed by atoms with E-state index in [-0.39, 0.29) is 17.5 Å². The third-order valence-corrected chi connectivity index (χ3v) is 3.81. The van der Waals surface area contributed by atoms with Crippen molar-refractivity contribution in [2.24, 2.45) is 0 Å². The molecule has 0 aliphatic carbocycles. The van der Waals surface area contributed by atoms with Crippen LogP contribution in [-0.4, -0.2) is 27.7 Å². The third kappa shape index (κ3) is 6.49. The smallest absolute Gasteiger partial charge is 0.277 e. The number of carbonyl (C=O) groups is 1. The zero-order valence-corrected chi connectivity index (χ0v) is 14.1.